The molecule has 0 saturated carbocycles. The number of carbonyl (C=O) groups is 1. The molecule has 2 aromatic rings. The predicted molar refractivity (Wildman–Crippen MR) is 111 cm³/mol. The van der Waals surface area contributed by atoms with Gasteiger partial charge in [-0.3, -0.25) is 20.0 Å². The molecular weight excluding hydrogens is 350 g/mol. The van der Waals surface area contributed by atoms with Crippen LogP contribution in [0.2, 0.25) is 0 Å². The Morgan fingerprint density at radius 3 is 2.36 bits per heavy atom. The molecule has 6 heteroatoms. The molecule has 0 aliphatic carbocycles. The van der Waals surface area contributed by atoms with Crippen molar-refractivity contribution < 1.29 is 4.79 Å². The summed E-state index contributed by atoms with van der Waals surface area (Å²) >= 11 is 0. The highest BCUT2D eigenvalue weighted by molar-refractivity contribution is 6.05. The van der Waals surface area contributed by atoms with Crippen LogP contribution < -0.4 is 16.2 Å². The van der Waals surface area contributed by atoms with E-state index in [4.69, 9.17) is 0 Å². The average Bonchev–Trinajstić information content (AvgIpc) is 3.11. The average molecular weight is 375 g/mol. The molecule has 1 saturated heterocycles. The van der Waals surface area contributed by atoms with Crippen LogP contribution in [0.4, 0.5) is 5.69 Å². The van der Waals surface area contributed by atoms with Crippen molar-refractivity contribution in [3.8, 4) is 0 Å². The van der Waals surface area contributed by atoms with Crippen molar-refractivity contribution in [2.75, 3.05) is 44.6 Å². The van der Waals surface area contributed by atoms with Gasteiger partial charge < -0.3 is 10.7 Å². The lowest BCUT2D eigenvalue weighted by Crippen LogP contribution is -2.48. The van der Waals surface area contributed by atoms with Gasteiger partial charge in [0.25, 0.3) is 5.91 Å². The first-order valence-electron chi connectivity index (χ1n) is 9.92. The Hall–Kier alpha value is -2.83. The second kappa shape index (κ2) is 7.30. The molecule has 2 aromatic carbocycles. The lowest BCUT2D eigenvalue weighted by atomic mass is 9.99. The maximum atomic E-state index is 12.4. The Morgan fingerprint density at radius 1 is 0.821 bits per heavy atom. The van der Waals surface area contributed by atoms with Gasteiger partial charge in [0.2, 0.25) is 0 Å². The van der Waals surface area contributed by atoms with Gasteiger partial charge >= 0.3 is 0 Å². The van der Waals surface area contributed by atoms with Crippen LogP contribution in [0.1, 0.15) is 21.5 Å². The molecule has 6 nitrogen and oxygen atoms in total. The van der Waals surface area contributed by atoms with Crippen LogP contribution in [0.25, 0.3) is 5.57 Å². The normalized spacial score (nSPS) is 19.5. The van der Waals surface area contributed by atoms with Gasteiger partial charge in [0.15, 0.2) is 0 Å². The van der Waals surface area contributed by atoms with E-state index in [1.165, 1.54) is 11.1 Å². The smallest absolute Gasteiger partial charge is 0.270 e. The number of hydrogen-bond acceptors (Lipinski definition) is 5. The number of nitrogens with one attached hydrogen (secondary N) is 3. The number of amides is 1. The van der Waals surface area contributed by atoms with Crippen LogP contribution in [0.5, 0.6) is 0 Å². The number of hydrogen-bond donors (Lipinski definition) is 3. The Kier molecular flexibility index (Phi) is 4.50. The molecule has 1 fully saturated rings. The van der Waals surface area contributed by atoms with Crippen LogP contribution in [-0.2, 0) is 6.54 Å². The van der Waals surface area contributed by atoms with Crippen molar-refractivity contribution in [1.29, 1.82) is 0 Å². The first kappa shape index (κ1) is 17.3. The summed E-state index contributed by atoms with van der Waals surface area (Å²) in [7, 11) is 0. The first-order chi connectivity index (χ1) is 13.8. The van der Waals surface area contributed by atoms with Gasteiger partial charge in [0.05, 0.1) is 11.3 Å². The minimum absolute atomic E-state index is 0.0688. The predicted octanol–water partition coefficient (Wildman–Crippen LogP) is 1.89. The van der Waals surface area contributed by atoms with Crippen LogP contribution >= 0.6 is 0 Å². The third-order valence-electron chi connectivity index (χ3n) is 5.85. The molecule has 3 aliphatic heterocycles. The molecule has 0 spiro atoms. The van der Waals surface area contributed by atoms with Gasteiger partial charge in [-0.15, -0.1) is 0 Å². The molecule has 5 rings (SSSR count). The van der Waals surface area contributed by atoms with Crippen LogP contribution in [0.15, 0.2) is 54.2 Å². The van der Waals surface area contributed by atoms with Gasteiger partial charge in [0, 0.05) is 62.6 Å². The molecule has 0 atom stereocenters. The number of nitrogens with zero attached hydrogens (tertiary/aromatic N) is 2. The van der Waals surface area contributed by atoms with E-state index in [2.05, 4.69) is 56.3 Å². The van der Waals surface area contributed by atoms with Crippen molar-refractivity contribution in [3.63, 3.8) is 0 Å². The monoisotopic (exact) mass is 375 g/mol. The Balaban J connectivity index is 1.27. The van der Waals surface area contributed by atoms with Crippen LogP contribution in [0.3, 0.4) is 0 Å². The van der Waals surface area contributed by atoms with Crippen molar-refractivity contribution in [2.24, 2.45) is 0 Å². The summed E-state index contributed by atoms with van der Waals surface area (Å²) in [5, 5.41) is 3.43. The summed E-state index contributed by atoms with van der Waals surface area (Å²) in [6.45, 7) is 6.77. The van der Waals surface area contributed by atoms with E-state index in [1.54, 1.807) is 0 Å². The maximum Gasteiger partial charge on any atom is 0.270 e. The van der Waals surface area contributed by atoms with Crippen molar-refractivity contribution in [1.82, 2.24) is 20.7 Å². The first-order valence-corrected chi connectivity index (χ1v) is 9.92. The number of benzene rings is 2. The summed E-state index contributed by atoms with van der Waals surface area (Å²) in [4.78, 5) is 17.4. The molecule has 3 N–H and O–H groups in total. The summed E-state index contributed by atoms with van der Waals surface area (Å²) in [5.41, 5.74) is 12.6. The van der Waals surface area contributed by atoms with E-state index in [9.17, 15) is 4.79 Å². The van der Waals surface area contributed by atoms with E-state index < -0.39 is 0 Å². The Bertz CT molecular complexity index is 916. The largest absolute Gasteiger partial charge is 0.380 e. The van der Waals surface area contributed by atoms with Gasteiger partial charge in [-0.2, -0.15) is 0 Å². The highest BCUT2D eigenvalue weighted by Gasteiger charge is 2.29. The minimum atomic E-state index is -0.0688. The molecule has 144 valence electrons. The zero-order chi connectivity index (χ0) is 18.9. The molecule has 3 aliphatic rings. The van der Waals surface area contributed by atoms with Gasteiger partial charge in [-0.25, -0.2) is 0 Å². The van der Waals surface area contributed by atoms with E-state index >= 15 is 0 Å². The second-order valence-corrected chi connectivity index (χ2v) is 7.66. The van der Waals surface area contributed by atoms with E-state index in [1.807, 2.05) is 18.2 Å². The Labute approximate surface area is 165 Å². The standard InChI is InChI=1S/C22H25N5O/c28-22-17-7-4-8-19-21(17)18(13-23-19)20(24-25-22)15-27-11-9-26(10-12-27)14-16-5-2-1-3-6-16/h1-8,23-24H,9-15H2,(H,25,28). The van der Waals surface area contributed by atoms with Crippen molar-refractivity contribution >= 4 is 17.2 Å². The number of rotatable bonds is 4. The highest BCUT2D eigenvalue weighted by Crippen LogP contribution is 2.36. The van der Waals surface area contributed by atoms with E-state index in [0.717, 1.165) is 68.3 Å². The molecule has 1 amide bonds. The summed E-state index contributed by atoms with van der Waals surface area (Å²) in [5.74, 6) is -0.0688. The van der Waals surface area contributed by atoms with Crippen molar-refractivity contribution in [2.45, 2.75) is 6.54 Å². The molecule has 0 unspecified atom stereocenters. The quantitative estimate of drug-likeness (QED) is 0.762. The van der Waals surface area contributed by atoms with Crippen molar-refractivity contribution in [3.05, 3.63) is 70.9 Å². The summed E-state index contributed by atoms with van der Waals surface area (Å²) < 4.78 is 0. The van der Waals surface area contributed by atoms with Gasteiger partial charge in [0.1, 0.15) is 0 Å². The number of carbonyl (C=O) groups excluding carboxylic acids is 1. The summed E-state index contributed by atoms with van der Waals surface area (Å²) in [6.07, 6.45) is 0. The fraction of sp³-hybridized carbons (Fsp3) is 0.318. The number of hydrazine groups is 1. The van der Waals surface area contributed by atoms with Crippen LogP contribution in [0, 0.1) is 0 Å². The molecule has 28 heavy (non-hydrogen) atoms. The minimum Gasteiger partial charge on any atom is -0.380 e. The summed E-state index contributed by atoms with van der Waals surface area (Å²) in [6, 6.07) is 16.5. The van der Waals surface area contributed by atoms with Crippen LogP contribution in [-0.4, -0.2) is 55.0 Å². The van der Waals surface area contributed by atoms with Gasteiger partial charge in [-0.05, 0) is 17.7 Å². The molecule has 0 aromatic heterocycles. The zero-order valence-electron chi connectivity index (χ0n) is 15.9. The maximum absolute atomic E-state index is 12.4. The molecule has 0 radical (unpaired) electrons. The van der Waals surface area contributed by atoms with Gasteiger partial charge in [-0.1, -0.05) is 36.4 Å². The Morgan fingerprint density at radius 2 is 1.57 bits per heavy atom. The van der Waals surface area contributed by atoms with E-state index in [0.29, 0.717) is 0 Å². The lowest BCUT2D eigenvalue weighted by Gasteiger charge is -2.35. The number of piperazine rings is 1. The lowest BCUT2D eigenvalue weighted by molar-refractivity contribution is 0.0936. The highest BCUT2D eigenvalue weighted by atomic mass is 16.2. The third kappa shape index (κ3) is 3.25. The van der Waals surface area contributed by atoms with E-state index in [-0.39, 0.29) is 5.91 Å². The zero-order valence-corrected chi connectivity index (χ0v) is 15.9. The molecule has 3 heterocycles. The second-order valence-electron chi connectivity index (χ2n) is 7.66. The topological polar surface area (TPSA) is 59.6 Å². The molecule has 0 bridgehead atoms. The SMILES string of the molecule is O=C1NNC(CN2CCN(Cc3ccccc3)CC2)=C2CNc3cccc1c32. The number of anilines is 1. The fourth-order valence-electron chi connectivity index (χ4n) is 4.32. The fourth-order valence-corrected chi connectivity index (χ4v) is 4.32. The molecular formula is C22H25N5O. The third-order valence-corrected chi connectivity index (χ3v) is 5.85.